The average molecular weight is 281 g/mol. The van der Waals surface area contributed by atoms with Crippen LogP contribution in [0.4, 0.5) is 4.39 Å². The van der Waals surface area contributed by atoms with Crippen molar-refractivity contribution in [2.24, 2.45) is 5.92 Å². The van der Waals surface area contributed by atoms with Crippen LogP contribution in [0.2, 0.25) is 0 Å². The zero-order chi connectivity index (χ0) is 14.1. The number of nitrogens with zero attached hydrogens (tertiary/aromatic N) is 1. The second-order valence-corrected chi connectivity index (χ2v) is 7.51. The number of halogens is 1. The molecule has 102 valence electrons. The summed E-state index contributed by atoms with van der Waals surface area (Å²) in [5.74, 6) is -0.0351. The van der Waals surface area contributed by atoms with Crippen molar-refractivity contribution in [3.8, 4) is 6.07 Å². The van der Waals surface area contributed by atoms with Crippen molar-refractivity contribution in [2.75, 3.05) is 0 Å². The van der Waals surface area contributed by atoms with Gasteiger partial charge in [0.05, 0.1) is 11.0 Å². The van der Waals surface area contributed by atoms with Gasteiger partial charge in [0, 0.05) is 0 Å². The van der Waals surface area contributed by atoms with E-state index in [1.165, 1.54) is 12.1 Å². The van der Waals surface area contributed by atoms with E-state index in [0.717, 1.165) is 25.0 Å². The average Bonchev–Trinajstić information content (AvgIpc) is 2.40. The van der Waals surface area contributed by atoms with Gasteiger partial charge < -0.3 is 0 Å². The summed E-state index contributed by atoms with van der Waals surface area (Å²) in [6, 6.07) is 6.71. The highest BCUT2D eigenvalue weighted by atomic mass is 32.2. The lowest BCUT2D eigenvalue weighted by molar-refractivity contribution is 0.345. The molecule has 5 heteroatoms. The minimum absolute atomic E-state index is 0.0324. The molecule has 0 spiro atoms. The first-order valence-electron chi connectivity index (χ1n) is 6.33. The van der Waals surface area contributed by atoms with Crippen LogP contribution >= 0.6 is 0 Å². The first-order chi connectivity index (χ1) is 8.91. The third-order valence-corrected chi connectivity index (χ3v) is 6.35. The van der Waals surface area contributed by atoms with E-state index in [1.54, 1.807) is 0 Å². The second kappa shape index (κ2) is 4.93. The van der Waals surface area contributed by atoms with Crippen LogP contribution in [0.25, 0.3) is 0 Å². The molecule has 0 heterocycles. The molecule has 0 aliphatic heterocycles. The molecule has 0 amide bonds. The number of benzene rings is 1. The molecule has 1 saturated carbocycles. The molecule has 0 saturated heterocycles. The maximum absolute atomic E-state index is 12.9. The van der Waals surface area contributed by atoms with Crippen molar-refractivity contribution in [1.29, 1.82) is 5.26 Å². The molecule has 1 aliphatic carbocycles. The van der Waals surface area contributed by atoms with Crippen LogP contribution in [0.3, 0.4) is 0 Å². The molecule has 0 radical (unpaired) electrons. The lowest BCUT2D eigenvalue weighted by Crippen LogP contribution is -2.40. The van der Waals surface area contributed by atoms with E-state index in [2.05, 4.69) is 6.92 Å². The van der Waals surface area contributed by atoms with Gasteiger partial charge in [0.2, 0.25) is 0 Å². The lowest BCUT2D eigenvalue weighted by Gasteiger charge is -2.33. The minimum Gasteiger partial charge on any atom is -0.222 e. The molecule has 0 atom stereocenters. The Morgan fingerprint density at radius 3 is 2.26 bits per heavy atom. The van der Waals surface area contributed by atoms with Gasteiger partial charge in [0.1, 0.15) is 5.82 Å². The first kappa shape index (κ1) is 14.0. The van der Waals surface area contributed by atoms with Crippen LogP contribution < -0.4 is 0 Å². The Kier molecular flexibility index (Phi) is 3.64. The molecular formula is C14H16FNO2S. The fourth-order valence-electron chi connectivity index (χ4n) is 2.51. The molecule has 1 aliphatic rings. The summed E-state index contributed by atoms with van der Waals surface area (Å²) < 4.78 is 36.8. The second-order valence-electron chi connectivity index (χ2n) is 5.25. The van der Waals surface area contributed by atoms with E-state index in [1.807, 2.05) is 6.07 Å². The Morgan fingerprint density at radius 1 is 1.26 bits per heavy atom. The Balaban J connectivity index is 2.43. The fourth-order valence-corrected chi connectivity index (χ4v) is 4.35. The molecule has 1 fully saturated rings. The van der Waals surface area contributed by atoms with Gasteiger partial charge in [-0.05, 0) is 55.9 Å². The van der Waals surface area contributed by atoms with Gasteiger partial charge in [-0.15, -0.1) is 0 Å². The molecule has 1 aromatic rings. The van der Waals surface area contributed by atoms with Gasteiger partial charge in [-0.3, -0.25) is 0 Å². The van der Waals surface area contributed by atoms with Crippen LogP contribution in [-0.4, -0.2) is 13.2 Å². The topological polar surface area (TPSA) is 57.9 Å². The van der Waals surface area contributed by atoms with Gasteiger partial charge in [-0.1, -0.05) is 6.92 Å². The summed E-state index contributed by atoms with van der Waals surface area (Å²) in [6.45, 7) is 2.06. The molecule has 0 unspecified atom stereocenters. The van der Waals surface area contributed by atoms with E-state index >= 15 is 0 Å². The van der Waals surface area contributed by atoms with Gasteiger partial charge >= 0.3 is 0 Å². The number of hydrogen-bond donors (Lipinski definition) is 0. The van der Waals surface area contributed by atoms with Crippen molar-refractivity contribution >= 4 is 9.84 Å². The maximum Gasteiger partial charge on any atom is 0.197 e. The van der Waals surface area contributed by atoms with Crippen molar-refractivity contribution in [1.82, 2.24) is 0 Å². The predicted octanol–water partition coefficient (Wildman–Crippen LogP) is 3.07. The molecule has 3 nitrogen and oxygen atoms in total. The van der Waals surface area contributed by atoms with Gasteiger partial charge in [-0.2, -0.15) is 5.26 Å². The van der Waals surface area contributed by atoms with Crippen molar-refractivity contribution in [3.63, 3.8) is 0 Å². The molecule has 0 bridgehead atoms. The SMILES string of the molecule is CC1CCC(C#N)(S(=O)(=O)c2ccc(F)cc2)CC1. The summed E-state index contributed by atoms with van der Waals surface area (Å²) in [4.78, 5) is 0.0324. The largest absolute Gasteiger partial charge is 0.222 e. The number of rotatable bonds is 2. The van der Waals surface area contributed by atoms with Crippen molar-refractivity contribution in [2.45, 2.75) is 42.2 Å². The van der Waals surface area contributed by atoms with Gasteiger partial charge in [-0.25, -0.2) is 12.8 Å². The molecule has 1 aromatic carbocycles. The monoisotopic (exact) mass is 281 g/mol. The van der Waals surface area contributed by atoms with Crippen LogP contribution in [0.5, 0.6) is 0 Å². The Morgan fingerprint density at radius 2 is 1.79 bits per heavy atom. The van der Waals surface area contributed by atoms with E-state index in [0.29, 0.717) is 18.8 Å². The highest BCUT2D eigenvalue weighted by molar-refractivity contribution is 7.93. The summed E-state index contributed by atoms with van der Waals surface area (Å²) in [5.41, 5.74) is 0. The third-order valence-electron chi connectivity index (χ3n) is 3.92. The summed E-state index contributed by atoms with van der Waals surface area (Å²) in [6.07, 6.45) is 2.16. The number of hydrogen-bond acceptors (Lipinski definition) is 3. The maximum atomic E-state index is 12.9. The zero-order valence-electron chi connectivity index (χ0n) is 10.8. The third kappa shape index (κ3) is 2.37. The number of nitriles is 1. The van der Waals surface area contributed by atoms with Crippen LogP contribution in [0.15, 0.2) is 29.2 Å². The fraction of sp³-hybridized carbons (Fsp3) is 0.500. The number of sulfone groups is 1. The highest BCUT2D eigenvalue weighted by Gasteiger charge is 2.47. The van der Waals surface area contributed by atoms with Crippen LogP contribution in [0, 0.1) is 23.1 Å². The predicted molar refractivity (Wildman–Crippen MR) is 69.6 cm³/mol. The van der Waals surface area contributed by atoms with E-state index < -0.39 is 20.4 Å². The van der Waals surface area contributed by atoms with Gasteiger partial charge in [0.25, 0.3) is 0 Å². The van der Waals surface area contributed by atoms with Crippen molar-refractivity contribution < 1.29 is 12.8 Å². The van der Waals surface area contributed by atoms with E-state index in [-0.39, 0.29) is 4.90 Å². The molecule has 0 aromatic heterocycles. The van der Waals surface area contributed by atoms with Crippen molar-refractivity contribution in [3.05, 3.63) is 30.1 Å². The molecular weight excluding hydrogens is 265 g/mol. The van der Waals surface area contributed by atoms with Crippen LogP contribution in [-0.2, 0) is 9.84 Å². The Hall–Kier alpha value is -1.41. The summed E-state index contributed by atoms with van der Waals surface area (Å²) in [7, 11) is -3.74. The van der Waals surface area contributed by atoms with E-state index in [9.17, 15) is 18.1 Å². The first-order valence-corrected chi connectivity index (χ1v) is 7.81. The normalized spacial score (nSPS) is 27.7. The molecule has 19 heavy (non-hydrogen) atoms. The highest BCUT2D eigenvalue weighted by Crippen LogP contribution is 2.40. The zero-order valence-corrected chi connectivity index (χ0v) is 11.6. The summed E-state index contributed by atoms with van der Waals surface area (Å²) >= 11 is 0. The Labute approximate surface area is 113 Å². The minimum atomic E-state index is -3.74. The standard InChI is InChI=1S/C14H16FNO2S/c1-11-6-8-14(10-16,9-7-11)19(17,18)13-4-2-12(15)3-5-13/h2-5,11H,6-9H2,1H3. The quantitative estimate of drug-likeness (QED) is 0.783. The van der Waals surface area contributed by atoms with Gasteiger partial charge in [0.15, 0.2) is 14.6 Å². The van der Waals surface area contributed by atoms with E-state index in [4.69, 9.17) is 0 Å². The Bertz CT molecular complexity index is 593. The lowest BCUT2D eigenvalue weighted by atomic mass is 9.83. The molecule has 2 rings (SSSR count). The smallest absolute Gasteiger partial charge is 0.197 e. The summed E-state index contributed by atoms with van der Waals surface area (Å²) in [5, 5.41) is 9.38. The van der Waals surface area contributed by atoms with Crippen LogP contribution in [0.1, 0.15) is 32.6 Å². The molecule has 0 N–H and O–H groups in total.